The number of carbonyl (C=O) groups excluding carboxylic acids is 2. The fourth-order valence-electron chi connectivity index (χ4n) is 5.04. The van der Waals surface area contributed by atoms with Crippen LogP contribution in [-0.2, 0) is 32.6 Å². The maximum atomic E-state index is 14.6. The first-order chi connectivity index (χ1) is 22.0. The largest absolute Gasteiger partial charge is 0.354 e. The second-order valence-electron chi connectivity index (χ2n) is 11.2. The molecule has 0 spiro atoms. The second-order valence-corrected chi connectivity index (χ2v) is 14.0. The molecule has 1 N–H and O–H groups in total. The molecule has 10 heteroatoms. The van der Waals surface area contributed by atoms with Gasteiger partial charge in [0.2, 0.25) is 11.8 Å². The summed E-state index contributed by atoms with van der Waals surface area (Å²) >= 11 is 12.4. The minimum Gasteiger partial charge on any atom is -0.354 e. The van der Waals surface area contributed by atoms with Gasteiger partial charge in [-0.1, -0.05) is 85.1 Å². The molecule has 0 bridgehead atoms. The number of sulfonamides is 1. The van der Waals surface area contributed by atoms with Crippen molar-refractivity contribution in [1.82, 2.24) is 10.2 Å². The number of nitrogens with zero attached hydrogens (tertiary/aromatic N) is 2. The van der Waals surface area contributed by atoms with Crippen LogP contribution in [0.3, 0.4) is 0 Å². The highest BCUT2D eigenvalue weighted by Crippen LogP contribution is 2.28. The van der Waals surface area contributed by atoms with Crippen molar-refractivity contribution in [3.63, 3.8) is 0 Å². The fraction of sp³-hybridized carbons (Fsp3) is 0.278. The van der Waals surface area contributed by atoms with E-state index in [-0.39, 0.29) is 23.8 Å². The predicted octanol–water partition coefficient (Wildman–Crippen LogP) is 7.36. The quantitative estimate of drug-likeness (QED) is 0.141. The van der Waals surface area contributed by atoms with E-state index in [0.717, 1.165) is 33.8 Å². The molecule has 0 aromatic heterocycles. The summed E-state index contributed by atoms with van der Waals surface area (Å²) in [5, 5.41) is 3.87. The Morgan fingerprint density at radius 2 is 1.50 bits per heavy atom. The molecule has 4 rings (SSSR count). The van der Waals surface area contributed by atoms with Gasteiger partial charge in [-0.3, -0.25) is 13.9 Å². The van der Waals surface area contributed by atoms with Crippen molar-refractivity contribution in [2.75, 3.05) is 17.4 Å². The maximum Gasteiger partial charge on any atom is 0.264 e. The van der Waals surface area contributed by atoms with Gasteiger partial charge in [-0.05, 0) is 91.1 Å². The minimum atomic E-state index is -4.23. The molecule has 0 radical (unpaired) electrons. The van der Waals surface area contributed by atoms with E-state index in [0.29, 0.717) is 27.8 Å². The van der Waals surface area contributed by atoms with Crippen molar-refractivity contribution < 1.29 is 18.0 Å². The molecule has 46 heavy (non-hydrogen) atoms. The fourth-order valence-corrected chi connectivity index (χ4v) is 6.78. The van der Waals surface area contributed by atoms with E-state index in [9.17, 15) is 18.0 Å². The molecule has 0 heterocycles. The average Bonchev–Trinajstić information content (AvgIpc) is 3.03. The Hall–Kier alpha value is -3.85. The van der Waals surface area contributed by atoms with Crippen molar-refractivity contribution in [2.45, 2.75) is 57.5 Å². The van der Waals surface area contributed by atoms with Gasteiger partial charge in [0.05, 0.1) is 10.6 Å². The lowest BCUT2D eigenvalue weighted by Crippen LogP contribution is -2.53. The first kappa shape index (κ1) is 35.0. The molecular formula is C36H39Cl2N3O4S. The van der Waals surface area contributed by atoms with Crippen molar-refractivity contribution >= 4 is 50.7 Å². The molecule has 4 aromatic carbocycles. The summed E-state index contributed by atoms with van der Waals surface area (Å²) in [6, 6.07) is 26.7. The Labute approximate surface area is 282 Å². The van der Waals surface area contributed by atoms with Gasteiger partial charge in [0.25, 0.3) is 10.0 Å². The highest BCUT2D eigenvalue weighted by Gasteiger charge is 2.34. The van der Waals surface area contributed by atoms with E-state index in [4.69, 9.17) is 23.2 Å². The molecular weight excluding hydrogens is 641 g/mol. The van der Waals surface area contributed by atoms with E-state index < -0.39 is 28.5 Å². The molecule has 0 fully saturated rings. The number of rotatable bonds is 14. The summed E-state index contributed by atoms with van der Waals surface area (Å²) < 4.78 is 29.5. The van der Waals surface area contributed by atoms with Gasteiger partial charge in [0.15, 0.2) is 0 Å². The monoisotopic (exact) mass is 679 g/mol. The van der Waals surface area contributed by atoms with E-state index in [1.807, 2.05) is 63.2 Å². The zero-order chi connectivity index (χ0) is 33.3. The molecule has 0 aliphatic heterocycles. The Bertz CT molecular complexity index is 1750. The summed E-state index contributed by atoms with van der Waals surface area (Å²) in [4.78, 5) is 29.8. The van der Waals surface area contributed by atoms with Crippen LogP contribution < -0.4 is 9.62 Å². The van der Waals surface area contributed by atoms with Crippen molar-refractivity contribution in [1.29, 1.82) is 0 Å². The molecule has 0 aliphatic rings. The molecule has 4 aromatic rings. The molecule has 242 valence electrons. The minimum absolute atomic E-state index is 0.0116. The van der Waals surface area contributed by atoms with Crippen LogP contribution in [-0.4, -0.2) is 44.3 Å². The first-order valence-corrected chi connectivity index (χ1v) is 17.4. The number of amides is 2. The van der Waals surface area contributed by atoms with Crippen LogP contribution in [0.4, 0.5) is 5.69 Å². The van der Waals surface area contributed by atoms with E-state index in [1.54, 1.807) is 30.3 Å². The van der Waals surface area contributed by atoms with Gasteiger partial charge >= 0.3 is 0 Å². The molecule has 2 amide bonds. The van der Waals surface area contributed by atoms with Crippen LogP contribution in [0.15, 0.2) is 102 Å². The zero-order valence-electron chi connectivity index (χ0n) is 26.2. The number of hydrogen-bond donors (Lipinski definition) is 1. The molecule has 1 atom stereocenters. The Balaban J connectivity index is 1.81. The van der Waals surface area contributed by atoms with Gasteiger partial charge in [-0.25, -0.2) is 8.42 Å². The molecule has 0 aliphatic carbocycles. The topological polar surface area (TPSA) is 86.8 Å². The number of anilines is 1. The standard InChI is InChI=1S/C36H39Cl2N3O4S/c1-4-5-20-39-36(43)34(23-28-10-7-6-8-11-28)40(24-29-12-9-13-31(38)22-29)35(42)25-41(32-17-14-26(2)27(3)21-32)46(44,45)33-18-15-30(37)16-19-33/h6-19,21-22,34H,4-5,20,23-25H2,1-3H3,(H,39,43). The van der Waals surface area contributed by atoms with Crippen LogP contribution in [0.1, 0.15) is 42.0 Å². The lowest BCUT2D eigenvalue weighted by molar-refractivity contribution is -0.140. The second kappa shape index (κ2) is 16.1. The Morgan fingerprint density at radius 3 is 2.15 bits per heavy atom. The third-order valence-electron chi connectivity index (χ3n) is 7.80. The van der Waals surface area contributed by atoms with Crippen LogP contribution in [0, 0.1) is 13.8 Å². The summed E-state index contributed by atoms with van der Waals surface area (Å²) in [7, 11) is -4.23. The van der Waals surface area contributed by atoms with E-state index in [1.165, 1.54) is 29.2 Å². The number of halogens is 2. The highest BCUT2D eigenvalue weighted by atomic mass is 35.5. The van der Waals surface area contributed by atoms with Crippen LogP contribution in [0.25, 0.3) is 0 Å². The molecule has 7 nitrogen and oxygen atoms in total. The molecule has 0 saturated carbocycles. The highest BCUT2D eigenvalue weighted by molar-refractivity contribution is 7.92. The Kier molecular flexibility index (Phi) is 12.3. The summed E-state index contributed by atoms with van der Waals surface area (Å²) in [5.74, 6) is -0.853. The van der Waals surface area contributed by atoms with Gasteiger partial charge in [-0.2, -0.15) is 0 Å². The first-order valence-electron chi connectivity index (χ1n) is 15.2. The van der Waals surface area contributed by atoms with Crippen molar-refractivity contribution in [2.24, 2.45) is 0 Å². The predicted molar refractivity (Wildman–Crippen MR) is 186 cm³/mol. The number of unbranched alkanes of at least 4 members (excludes halogenated alkanes) is 1. The summed E-state index contributed by atoms with van der Waals surface area (Å²) in [6.45, 7) is 5.81. The summed E-state index contributed by atoms with van der Waals surface area (Å²) in [6.07, 6.45) is 1.91. The normalized spacial score (nSPS) is 11.9. The van der Waals surface area contributed by atoms with Gasteiger partial charge in [0, 0.05) is 29.6 Å². The van der Waals surface area contributed by atoms with E-state index in [2.05, 4.69) is 5.32 Å². The smallest absolute Gasteiger partial charge is 0.264 e. The van der Waals surface area contributed by atoms with Crippen molar-refractivity contribution in [3.05, 3.63) is 129 Å². The van der Waals surface area contributed by atoms with Gasteiger partial charge in [0.1, 0.15) is 12.6 Å². The Morgan fingerprint density at radius 1 is 0.804 bits per heavy atom. The number of aryl methyl sites for hydroxylation is 2. The van der Waals surface area contributed by atoms with Crippen LogP contribution in [0.2, 0.25) is 10.0 Å². The van der Waals surface area contributed by atoms with Gasteiger partial charge in [-0.15, -0.1) is 0 Å². The van der Waals surface area contributed by atoms with Crippen molar-refractivity contribution in [3.8, 4) is 0 Å². The third-order valence-corrected chi connectivity index (χ3v) is 10.1. The lowest BCUT2D eigenvalue weighted by atomic mass is 10.0. The van der Waals surface area contributed by atoms with Crippen LogP contribution in [0.5, 0.6) is 0 Å². The maximum absolute atomic E-state index is 14.6. The molecule has 0 saturated heterocycles. The van der Waals surface area contributed by atoms with Crippen LogP contribution >= 0.6 is 23.2 Å². The number of carbonyl (C=O) groups is 2. The summed E-state index contributed by atoms with van der Waals surface area (Å²) in [5.41, 5.74) is 3.75. The average molecular weight is 681 g/mol. The SMILES string of the molecule is CCCCNC(=O)C(Cc1ccccc1)N(Cc1cccc(Cl)c1)C(=O)CN(c1ccc(C)c(C)c1)S(=O)(=O)c1ccc(Cl)cc1. The zero-order valence-corrected chi connectivity index (χ0v) is 28.6. The number of nitrogens with one attached hydrogen (secondary N) is 1. The molecule has 1 unspecified atom stereocenters. The van der Waals surface area contributed by atoms with Gasteiger partial charge < -0.3 is 10.2 Å². The van der Waals surface area contributed by atoms with E-state index >= 15 is 0 Å². The number of benzene rings is 4. The number of hydrogen-bond acceptors (Lipinski definition) is 4. The third kappa shape index (κ3) is 9.12. The lowest BCUT2D eigenvalue weighted by Gasteiger charge is -2.34.